The van der Waals surface area contributed by atoms with Crippen LogP contribution < -0.4 is 0 Å². The first kappa shape index (κ1) is 12.8. The molecule has 0 radical (unpaired) electrons. The van der Waals surface area contributed by atoms with Gasteiger partial charge in [-0.3, -0.25) is 0 Å². The van der Waals surface area contributed by atoms with Crippen LogP contribution in [0.4, 0.5) is 0 Å². The molecule has 0 aliphatic rings. The van der Waals surface area contributed by atoms with E-state index in [-0.39, 0.29) is 5.54 Å². The summed E-state index contributed by atoms with van der Waals surface area (Å²) in [5.41, 5.74) is 2.32. The molecule has 0 spiro atoms. The first-order valence-corrected chi connectivity index (χ1v) is 7.06. The first-order chi connectivity index (χ1) is 7.95. The van der Waals surface area contributed by atoms with Crippen LogP contribution in [0.1, 0.15) is 33.6 Å². The van der Waals surface area contributed by atoms with Crippen LogP contribution in [0.2, 0.25) is 0 Å². The molecule has 0 fully saturated rings. The van der Waals surface area contributed by atoms with Crippen LogP contribution in [0.3, 0.4) is 0 Å². The van der Waals surface area contributed by atoms with Gasteiger partial charge in [0.05, 0.1) is 11.0 Å². The molecule has 0 atom stereocenters. The predicted molar refractivity (Wildman–Crippen MR) is 79.1 cm³/mol. The minimum absolute atomic E-state index is 0.0465. The summed E-state index contributed by atoms with van der Waals surface area (Å²) in [5, 5.41) is 0. The monoisotopic (exact) mass is 312 g/mol. The Hall–Kier alpha value is -0.610. The Bertz CT molecular complexity index is 595. The fraction of sp³-hybridized carbons (Fsp3) is 0.462. The Kier molecular flexibility index (Phi) is 3.46. The zero-order valence-electron chi connectivity index (χ0n) is 10.4. The number of H-pyrrole nitrogens is 1. The predicted octanol–water partition coefficient (Wildman–Crippen LogP) is 5.00. The lowest BCUT2D eigenvalue weighted by atomic mass is 9.98. The SMILES string of the molecule is CCCC(C)(C)n1c(=S)[nH]c2ccc(Br)cc21. The van der Waals surface area contributed by atoms with Crippen LogP contribution in [-0.4, -0.2) is 9.55 Å². The average Bonchev–Trinajstić information content (AvgIpc) is 2.53. The molecule has 0 unspecified atom stereocenters. The Morgan fingerprint density at radius 2 is 2.12 bits per heavy atom. The third-order valence-corrected chi connectivity index (χ3v) is 3.89. The van der Waals surface area contributed by atoms with Crippen molar-refractivity contribution in [3.8, 4) is 0 Å². The maximum Gasteiger partial charge on any atom is 0.178 e. The lowest BCUT2D eigenvalue weighted by Gasteiger charge is -2.27. The zero-order chi connectivity index (χ0) is 12.6. The molecule has 0 saturated heterocycles. The number of aromatic amines is 1. The molecule has 0 aliphatic heterocycles. The minimum Gasteiger partial charge on any atom is -0.331 e. The van der Waals surface area contributed by atoms with Crippen molar-refractivity contribution in [2.75, 3.05) is 0 Å². The highest BCUT2D eigenvalue weighted by molar-refractivity contribution is 9.10. The molecule has 92 valence electrons. The van der Waals surface area contributed by atoms with Crippen LogP contribution >= 0.6 is 28.1 Å². The molecular formula is C13H17BrN2S. The first-order valence-electron chi connectivity index (χ1n) is 5.86. The molecule has 0 bridgehead atoms. The fourth-order valence-electron chi connectivity index (χ4n) is 2.40. The van der Waals surface area contributed by atoms with Crippen molar-refractivity contribution in [2.45, 2.75) is 39.2 Å². The van der Waals surface area contributed by atoms with E-state index in [1.165, 1.54) is 5.52 Å². The third-order valence-electron chi connectivity index (χ3n) is 3.11. The molecule has 1 aromatic carbocycles. The second-order valence-corrected chi connectivity index (χ2v) is 6.29. The second-order valence-electron chi connectivity index (χ2n) is 4.99. The van der Waals surface area contributed by atoms with Crippen LogP contribution in [0.25, 0.3) is 11.0 Å². The zero-order valence-corrected chi connectivity index (χ0v) is 12.8. The van der Waals surface area contributed by atoms with Gasteiger partial charge in [-0.05, 0) is 50.7 Å². The van der Waals surface area contributed by atoms with Gasteiger partial charge >= 0.3 is 0 Å². The fourth-order valence-corrected chi connectivity index (χ4v) is 3.21. The number of aromatic nitrogens is 2. The highest BCUT2D eigenvalue weighted by Crippen LogP contribution is 2.29. The molecule has 1 aromatic heterocycles. The quantitative estimate of drug-likeness (QED) is 0.791. The molecule has 0 aliphatic carbocycles. The lowest BCUT2D eigenvalue weighted by molar-refractivity contribution is 0.330. The summed E-state index contributed by atoms with van der Waals surface area (Å²) in [6.45, 7) is 6.68. The Morgan fingerprint density at radius 1 is 1.41 bits per heavy atom. The van der Waals surface area contributed by atoms with E-state index >= 15 is 0 Å². The Morgan fingerprint density at radius 3 is 2.76 bits per heavy atom. The largest absolute Gasteiger partial charge is 0.331 e. The van der Waals surface area contributed by atoms with Crippen molar-refractivity contribution in [2.24, 2.45) is 0 Å². The molecule has 0 saturated carbocycles. The molecule has 2 nitrogen and oxygen atoms in total. The number of fused-ring (bicyclic) bond motifs is 1. The molecule has 4 heteroatoms. The van der Waals surface area contributed by atoms with Gasteiger partial charge in [-0.25, -0.2) is 0 Å². The van der Waals surface area contributed by atoms with Crippen LogP contribution in [0, 0.1) is 4.77 Å². The van der Waals surface area contributed by atoms with Crippen LogP contribution in [0.15, 0.2) is 22.7 Å². The summed E-state index contributed by atoms with van der Waals surface area (Å²) in [4.78, 5) is 3.28. The van der Waals surface area contributed by atoms with Gasteiger partial charge in [0.2, 0.25) is 0 Å². The topological polar surface area (TPSA) is 20.7 Å². The number of hydrogen-bond donors (Lipinski definition) is 1. The number of nitrogens with zero attached hydrogens (tertiary/aromatic N) is 1. The van der Waals surface area contributed by atoms with E-state index in [0.717, 1.165) is 27.6 Å². The second kappa shape index (κ2) is 4.58. The van der Waals surface area contributed by atoms with Crippen molar-refractivity contribution in [1.29, 1.82) is 0 Å². The Balaban J connectivity index is 2.72. The van der Waals surface area contributed by atoms with Gasteiger partial charge < -0.3 is 9.55 Å². The van der Waals surface area contributed by atoms with E-state index < -0.39 is 0 Å². The number of benzene rings is 1. The van der Waals surface area contributed by atoms with Gasteiger partial charge in [0.15, 0.2) is 4.77 Å². The summed E-state index contributed by atoms with van der Waals surface area (Å²) in [6, 6.07) is 6.22. The normalized spacial score (nSPS) is 12.2. The number of imidazole rings is 1. The van der Waals surface area contributed by atoms with Crippen molar-refractivity contribution in [3.05, 3.63) is 27.4 Å². The molecule has 2 rings (SSSR count). The standard InChI is InChI=1S/C13H17BrN2S/c1-4-7-13(2,3)16-11-8-9(14)5-6-10(11)15-12(16)17/h5-6,8H,4,7H2,1-3H3,(H,15,17). The van der Waals surface area contributed by atoms with Gasteiger partial charge in [-0.2, -0.15) is 0 Å². The van der Waals surface area contributed by atoms with E-state index in [9.17, 15) is 0 Å². The molecule has 0 amide bonds. The highest BCUT2D eigenvalue weighted by atomic mass is 79.9. The van der Waals surface area contributed by atoms with E-state index in [1.54, 1.807) is 0 Å². The van der Waals surface area contributed by atoms with Crippen LogP contribution in [-0.2, 0) is 5.54 Å². The molecule has 1 heterocycles. The van der Waals surface area contributed by atoms with Crippen molar-refractivity contribution in [1.82, 2.24) is 9.55 Å². The summed E-state index contributed by atoms with van der Waals surface area (Å²) in [5.74, 6) is 0. The van der Waals surface area contributed by atoms with Crippen LogP contribution in [0.5, 0.6) is 0 Å². The summed E-state index contributed by atoms with van der Waals surface area (Å²) in [6.07, 6.45) is 2.26. The maximum absolute atomic E-state index is 5.45. The van der Waals surface area contributed by atoms with E-state index in [1.807, 2.05) is 6.07 Å². The summed E-state index contributed by atoms with van der Waals surface area (Å²) >= 11 is 8.97. The molecule has 17 heavy (non-hydrogen) atoms. The summed E-state index contributed by atoms with van der Waals surface area (Å²) < 4.78 is 4.11. The smallest absolute Gasteiger partial charge is 0.178 e. The molecular weight excluding hydrogens is 296 g/mol. The summed E-state index contributed by atoms with van der Waals surface area (Å²) in [7, 11) is 0. The average molecular weight is 313 g/mol. The van der Waals surface area contributed by atoms with Gasteiger partial charge in [-0.1, -0.05) is 29.3 Å². The molecule has 1 N–H and O–H groups in total. The minimum atomic E-state index is 0.0465. The van der Waals surface area contributed by atoms with E-state index in [0.29, 0.717) is 0 Å². The van der Waals surface area contributed by atoms with Gasteiger partial charge in [0.25, 0.3) is 0 Å². The van der Waals surface area contributed by atoms with Crippen molar-refractivity contribution < 1.29 is 0 Å². The maximum atomic E-state index is 5.45. The van der Waals surface area contributed by atoms with Gasteiger partial charge in [-0.15, -0.1) is 0 Å². The number of hydrogen-bond acceptors (Lipinski definition) is 1. The molecule has 2 aromatic rings. The van der Waals surface area contributed by atoms with E-state index in [2.05, 4.69) is 58.4 Å². The lowest BCUT2D eigenvalue weighted by Crippen LogP contribution is -2.25. The number of nitrogens with one attached hydrogen (secondary N) is 1. The van der Waals surface area contributed by atoms with Gasteiger partial charge in [0, 0.05) is 10.0 Å². The van der Waals surface area contributed by atoms with Crippen molar-refractivity contribution >= 4 is 39.2 Å². The highest BCUT2D eigenvalue weighted by Gasteiger charge is 2.22. The Labute approximate surface area is 115 Å². The van der Waals surface area contributed by atoms with Crippen molar-refractivity contribution in [3.63, 3.8) is 0 Å². The van der Waals surface area contributed by atoms with Gasteiger partial charge in [0.1, 0.15) is 0 Å². The number of halogens is 1. The van der Waals surface area contributed by atoms with E-state index in [4.69, 9.17) is 12.2 Å². The third kappa shape index (κ3) is 2.33. The number of rotatable bonds is 3.